The van der Waals surface area contributed by atoms with E-state index in [0.29, 0.717) is 5.56 Å². The molecular weight excluding hydrogens is 155 g/mol. The first kappa shape index (κ1) is 9.20. The molecule has 0 saturated carbocycles. The molecule has 0 aliphatic rings. The Morgan fingerprint density at radius 1 is 1.33 bits per heavy atom. The number of benzene rings is 1. The number of aliphatic hydroxyl groups excluding tert-OH is 1. The minimum atomic E-state index is -1.24. The molecule has 0 aliphatic heterocycles. The van der Waals surface area contributed by atoms with Gasteiger partial charge >= 0.3 is 0 Å². The number of rotatable bonds is 3. The van der Waals surface area contributed by atoms with Gasteiger partial charge in [0.15, 0.2) is 0 Å². The van der Waals surface area contributed by atoms with Crippen LogP contribution in [0.5, 0.6) is 0 Å². The van der Waals surface area contributed by atoms with Crippen LogP contribution in [0.15, 0.2) is 24.3 Å². The number of hydrogen-bond acceptors (Lipinski definition) is 1. The Labute approximate surface area is 71.9 Å². The molecular formula is C10H13FO. The zero-order chi connectivity index (χ0) is 8.97. The second kappa shape index (κ2) is 4.21. The first-order valence-corrected chi connectivity index (χ1v) is 4.11. The van der Waals surface area contributed by atoms with Crippen molar-refractivity contribution in [2.75, 3.05) is 6.61 Å². The van der Waals surface area contributed by atoms with Crippen molar-refractivity contribution >= 4 is 0 Å². The van der Waals surface area contributed by atoms with Gasteiger partial charge in [-0.05, 0) is 17.5 Å². The SMILES string of the molecule is CCc1ccc(C(F)CO)cc1. The van der Waals surface area contributed by atoms with E-state index >= 15 is 0 Å². The molecule has 0 aromatic heterocycles. The van der Waals surface area contributed by atoms with Crippen molar-refractivity contribution in [3.63, 3.8) is 0 Å². The number of halogens is 1. The maximum absolute atomic E-state index is 12.8. The predicted octanol–water partition coefficient (Wildman–Crippen LogP) is 2.25. The zero-order valence-corrected chi connectivity index (χ0v) is 7.13. The van der Waals surface area contributed by atoms with Crippen molar-refractivity contribution in [1.29, 1.82) is 0 Å². The van der Waals surface area contributed by atoms with E-state index < -0.39 is 12.8 Å². The molecule has 0 spiro atoms. The van der Waals surface area contributed by atoms with E-state index in [4.69, 9.17) is 5.11 Å². The normalized spacial score (nSPS) is 12.9. The monoisotopic (exact) mass is 168 g/mol. The lowest BCUT2D eigenvalue weighted by molar-refractivity contribution is 0.180. The highest BCUT2D eigenvalue weighted by molar-refractivity contribution is 5.24. The number of hydrogen-bond donors (Lipinski definition) is 1. The van der Waals surface area contributed by atoms with Crippen LogP contribution in [0.1, 0.15) is 24.2 Å². The first-order valence-electron chi connectivity index (χ1n) is 4.11. The second-order valence-corrected chi connectivity index (χ2v) is 2.75. The van der Waals surface area contributed by atoms with Gasteiger partial charge in [0.1, 0.15) is 6.17 Å². The Bertz CT molecular complexity index is 230. The van der Waals surface area contributed by atoms with E-state index in [1.165, 1.54) is 5.56 Å². The smallest absolute Gasteiger partial charge is 0.148 e. The molecule has 1 unspecified atom stereocenters. The molecule has 1 rings (SSSR count). The average Bonchev–Trinajstić information content (AvgIpc) is 2.17. The highest BCUT2D eigenvalue weighted by atomic mass is 19.1. The quantitative estimate of drug-likeness (QED) is 0.734. The zero-order valence-electron chi connectivity index (χ0n) is 7.13. The summed E-state index contributed by atoms with van der Waals surface area (Å²) in [5.41, 5.74) is 1.73. The van der Waals surface area contributed by atoms with Gasteiger partial charge in [-0.15, -0.1) is 0 Å². The molecule has 2 heteroatoms. The molecule has 1 aromatic carbocycles. The van der Waals surface area contributed by atoms with Crippen molar-refractivity contribution in [3.05, 3.63) is 35.4 Å². The minimum absolute atomic E-state index is 0.439. The largest absolute Gasteiger partial charge is 0.393 e. The number of aliphatic hydroxyl groups is 1. The van der Waals surface area contributed by atoms with E-state index in [2.05, 4.69) is 0 Å². The Kier molecular flexibility index (Phi) is 3.23. The van der Waals surface area contributed by atoms with E-state index in [9.17, 15) is 4.39 Å². The summed E-state index contributed by atoms with van der Waals surface area (Å²) in [6.07, 6.45) is -0.285. The third-order valence-electron chi connectivity index (χ3n) is 1.91. The first-order chi connectivity index (χ1) is 5.77. The minimum Gasteiger partial charge on any atom is -0.393 e. The summed E-state index contributed by atoms with van der Waals surface area (Å²) in [5, 5.41) is 8.54. The van der Waals surface area contributed by atoms with E-state index in [1.54, 1.807) is 12.1 Å². The topological polar surface area (TPSA) is 20.2 Å². The standard InChI is InChI=1S/C10H13FO/c1-2-8-3-5-9(6-4-8)10(11)7-12/h3-6,10,12H,2,7H2,1H3. The molecule has 0 bridgehead atoms. The number of aryl methyl sites for hydroxylation is 1. The molecule has 12 heavy (non-hydrogen) atoms. The molecule has 66 valence electrons. The van der Waals surface area contributed by atoms with Crippen molar-refractivity contribution in [2.24, 2.45) is 0 Å². The third-order valence-corrected chi connectivity index (χ3v) is 1.91. The Morgan fingerprint density at radius 2 is 1.92 bits per heavy atom. The maximum atomic E-state index is 12.8. The summed E-state index contributed by atoms with van der Waals surface area (Å²) in [4.78, 5) is 0. The molecule has 0 heterocycles. The van der Waals surface area contributed by atoms with Crippen LogP contribution in [-0.4, -0.2) is 11.7 Å². The lowest BCUT2D eigenvalue weighted by Gasteiger charge is -2.04. The lowest BCUT2D eigenvalue weighted by Crippen LogP contribution is -1.96. The summed E-state index contributed by atoms with van der Waals surface area (Å²) in [6.45, 7) is 1.61. The van der Waals surface area contributed by atoms with Gasteiger partial charge in [-0.2, -0.15) is 0 Å². The molecule has 1 aromatic rings. The van der Waals surface area contributed by atoms with Gasteiger partial charge < -0.3 is 5.11 Å². The Hall–Kier alpha value is -0.890. The summed E-state index contributed by atoms with van der Waals surface area (Å²) in [6, 6.07) is 7.22. The fourth-order valence-electron chi connectivity index (χ4n) is 1.07. The van der Waals surface area contributed by atoms with Crippen LogP contribution in [0, 0.1) is 0 Å². The van der Waals surface area contributed by atoms with Crippen LogP contribution in [-0.2, 0) is 6.42 Å². The van der Waals surface area contributed by atoms with Gasteiger partial charge in [0.25, 0.3) is 0 Å². The van der Waals surface area contributed by atoms with Crippen LogP contribution in [0.25, 0.3) is 0 Å². The van der Waals surface area contributed by atoms with Crippen LogP contribution in [0.2, 0.25) is 0 Å². The molecule has 1 nitrogen and oxygen atoms in total. The maximum Gasteiger partial charge on any atom is 0.148 e. The Morgan fingerprint density at radius 3 is 2.33 bits per heavy atom. The fraction of sp³-hybridized carbons (Fsp3) is 0.400. The van der Waals surface area contributed by atoms with Gasteiger partial charge in [0.05, 0.1) is 6.61 Å². The highest BCUT2D eigenvalue weighted by Gasteiger charge is 2.06. The van der Waals surface area contributed by atoms with Crippen molar-refractivity contribution < 1.29 is 9.50 Å². The third kappa shape index (κ3) is 2.05. The van der Waals surface area contributed by atoms with E-state index in [1.807, 2.05) is 19.1 Å². The van der Waals surface area contributed by atoms with E-state index in [-0.39, 0.29) is 0 Å². The van der Waals surface area contributed by atoms with Crippen LogP contribution in [0.3, 0.4) is 0 Å². The molecule has 0 saturated heterocycles. The van der Waals surface area contributed by atoms with Gasteiger partial charge in [0, 0.05) is 0 Å². The molecule has 0 fully saturated rings. The van der Waals surface area contributed by atoms with E-state index in [0.717, 1.165) is 6.42 Å². The van der Waals surface area contributed by atoms with Gasteiger partial charge in [-0.3, -0.25) is 0 Å². The molecule has 1 atom stereocenters. The number of alkyl halides is 1. The van der Waals surface area contributed by atoms with Crippen LogP contribution >= 0.6 is 0 Å². The van der Waals surface area contributed by atoms with Gasteiger partial charge in [-0.1, -0.05) is 31.2 Å². The van der Waals surface area contributed by atoms with Crippen molar-refractivity contribution in [3.8, 4) is 0 Å². The summed E-state index contributed by atoms with van der Waals surface area (Å²) < 4.78 is 12.8. The molecule has 1 N–H and O–H groups in total. The fourth-order valence-corrected chi connectivity index (χ4v) is 1.07. The average molecular weight is 168 g/mol. The van der Waals surface area contributed by atoms with Crippen molar-refractivity contribution in [1.82, 2.24) is 0 Å². The van der Waals surface area contributed by atoms with Crippen molar-refractivity contribution in [2.45, 2.75) is 19.5 Å². The molecule has 0 radical (unpaired) electrons. The summed E-state index contributed by atoms with van der Waals surface area (Å²) in [5.74, 6) is 0. The highest BCUT2D eigenvalue weighted by Crippen LogP contribution is 2.16. The molecule has 0 amide bonds. The second-order valence-electron chi connectivity index (χ2n) is 2.75. The predicted molar refractivity (Wildman–Crippen MR) is 46.8 cm³/mol. The van der Waals surface area contributed by atoms with Gasteiger partial charge in [-0.25, -0.2) is 4.39 Å². The summed E-state index contributed by atoms with van der Waals surface area (Å²) in [7, 11) is 0. The lowest BCUT2D eigenvalue weighted by atomic mass is 10.1. The summed E-state index contributed by atoms with van der Waals surface area (Å²) >= 11 is 0. The van der Waals surface area contributed by atoms with Crippen LogP contribution in [0.4, 0.5) is 4.39 Å². The van der Waals surface area contributed by atoms with Crippen LogP contribution < -0.4 is 0 Å². The van der Waals surface area contributed by atoms with Gasteiger partial charge in [0.2, 0.25) is 0 Å². The Balaban J connectivity index is 2.77. The molecule has 0 aliphatic carbocycles.